The number of benzene rings is 9. The van der Waals surface area contributed by atoms with Gasteiger partial charge in [0.2, 0.25) is 0 Å². The number of hydrogen-bond acceptors (Lipinski definition) is 2. The maximum Gasteiger partial charge on any atom is 0.102 e. The molecule has 0 atom stereocenters. The topological polar surface area (TPSA) is 24.7 Å². The Hall–Kier alpha value is -5.86. The first kappa shape index (κ1) is 26.7. The molecule has 0 radical (unpaired) electrons. The van der Waals surface area contributed by atoms with Crippen LogP contribution in [0.1, 0.15) is 7.43 Å². The molecule has 0 unspecified atom stereocenters. The standard InChI is InChI=1S/C42H26N2.CH4/c1-2-13-27(14-3-1)28-25-26-38-34-20-7-5-16-30(34)33-19-9-11-22-37(33)41(38)42(28)44-43-39-24-12-23-36-32-17-6-4-15-29(32)31-18-8-10-21-35(31)40(36)39;/h1-26H;1H4. The van der Waals surface area contributed by atoms with Crippen molar-refractivity contribution in [1.29, 1.82) is 0 Å². The van der Waals surface area contributed by atoms with Crippen LogP contribution in [0.4, 0.5) is 11.4 Å². The molecule has 2 heteroatoms. The van der Waals surface area contributed by atoms with Crippen LogP contribution >= 0.6 is 0 Å². The average Bonchev–Trinajstić information content (AvgIpc) is 3.11. The Morgan fingerprint density at radius 3 is 1.22 bits per heavy atom. The third-order valence-electron chi connectivity index (χ3n) is 8.97. The molecule has 0 aliphatic heterocycles. The van der Waals surface area contributed by atoms with Gasteiger partial charge in [0.1, 0.15) is 5.69 Å². The van der Waals surface area contributed by atoms with Gasteiger partial charge in [-0.05, 0) is 65.5 Å². The number of azo groups is 1. The molecule has 0 aromatic heterocycles. The normalized spacial score (nSPS) is 11.7. The molecule has 0 spiro atoms. The minimum atomic E-state index is 0. The van der Waals surface area contributed by atoms with Crippen LogP contribution < -0.4 is 0 Å². The lowest BCUT2D eigenvalue weighted by atomic mass is 9.90. The molecule has 212 valence electrons. The minimum Gasteiger partial charge on any atom is -0.150 e. The Labute approximate surface area is 261 Å². The number of fused-ring (bicyclic) bond motifs is 12. The average molecular weight is 575 g/mol. The highest BCUT2D eigenvalue weighted by atomic mass is 15.1. The van der Waals surface area contributed by atoms with E-state index in [1.807, 2.05) is 0 Å². The summed E-state index contributed by atoms with van der Waals surface area (Å²) in [5, 5.41) is 24.7. The first-order valence-electron chi connectivity index (χ1n) is 15.0. The van der Waals surface area contributed by atoms with Gasteiger partial charge in [0.05, 0.1) is 5.69 Å². The molecule has 0 aliphatic carbocycles. The smallest absolute Gasteiger partial charge is 0.102 e. The molecule has 9 aromatic rings. The lowest BCUT2D eigenvalue weighted by Crippen LogP contribution is -1.87. The van der Waals surface area contributed by atoms with Gasteiger partial charge in [-0.2, -0.15) is 0 Å². The van der Waals surface area contributed by atoms with E-state index in [1.165, 1.54) is 53.9 Å². The van der Waals surface area contributed by atoms with Crippen molar-refractivity contribution < 1.29 is 0 Å². The minimum absolute atomic E-state index is 0. The highest BCUT2D eigenvalue weighted by Gasteiger charge is 2.17. The van der Waals surface area contributed by atoms with E-state index >= 15 is 0 Å². The van der Waals surface area contributed by atoms with Crippen molar-refractivity contribution in [3.05, 3.63) is 158 Å². The van der Waals surface area contributed by atoms with E-state index < -0.39 is 0 Å². The van der Waals surface area contributed by atoms with Crippen molar-refractivity contribution in [1.82, 2.24) is 0 Å². The van der Waals surface area contributed by atoms with Gasteiger partial charge in [-0.3, -0.25) is 0 Å². The van der Waals surface area contributed by atoms with Gasteiger partial charge in [0, 0.05) is 16.3 Å². The van der Waals surface area contributed by atoms with Gasteiger partial charge in [-0.15, -0.1) is 10.2 Å². The first-order valence-corrected chi connectivity index (χ1v) is 15.0. The van der Waals surface area contributed by atoms with Crippen molar-refractivity contribution in [2.75, 3.05) is 0 Å². The maximum atomic E-state index is 5.20. The molecule has 0 saturated carbocycles. The van der Waals surface area contributed by atoms with E-state index in [9.17, 15) is 0 Å². The van der Waals surface area contributed by atoms with Gasteiger partial charge in [0.15, 0.2) is 0 Å². The van der Waals surface area contributed by atoms with Crippen molar-refractivity contribution in [2.24, 2.45) is 10.2 Å². The van der Waals surface area contributed by atoms with Crippen LogP contribution in [0.25, 0.3) is 75.8 Å². The summed E-state index contributed by atoms with van der Waals surface area (Å²) in [6.45, 7) is 0. The second kappa shape index (κ2) is 10.7. The van der Waals surface area contributed by atoms with Crippen LogP contribution in [0.3, 0.4) is 0 Å². The summed E-state index contributed by atoms with van der Waals surface area (Å²) >= 11 is 0. The zero-order chi connectivity index (χ0) is 29.0. The predicted molar refractivity (Wildman–Crippen MR) is 194 cm³/mol. The highest BCUT2D eigenvalue weighted by Crippen LogP contribution is 2.46. The summed E-state index contributed by atoms with van der Waals surface area (Å²) < 4.78 is 0. The van der Waals surface area contributed by atoms with Crippen LogP contribution in [0.5, 0.6) is 0 Å². The fourth-order valence-electron chi connectivity index (χ4n) is 7.06. The van der Waals surface area contributed by atoms with Gasteiger partial charge in [0.25, 0.3) is 0 Å². The monoisotopic (exact) mass is 574 g/mol. The number of nitrogens with zero attached hydrogens (tertiary/aromatic N) is 2. The Bertz CT molecular complexity index is 2520. The van der Waals surface area contributed by atoms with Crippen LogP contribution in [0.2, 0.25) is 0 Å². The maximum absolute atomic E-state index is 5.20. The van der Waals surface area contributed by atoms with Crippen LogP contribution in [-0.2, 0) is 0 Å². The fraction of sp³-hybridized carbons (Fsp3) is 0.0233. The molecule has 0 heterocycles. The molecular weight excluding hydrogens is 544 g/mol. The SMILES string of the molecule is C.c1ccc(-c2ccc3c4ccccc4c4ccccc4c3c2N=Nc2cccc3c4ccccc4c4ccccc4c23)cc1. The summed E-state index contributed by atoms with van der Waals surface area (Å²) in [5.74, 6) is 0. The van der Waals surface area contributed by atoms with E-state index in [1.54, 1.807) is 0 Å². The lowest BCUT2D eigenvalue weighted by molar-refractivity contribution is 1.26. The molecule has 0 N–H and O–H groups in total. The van der Waals surface area contributed by atoms with Crippen LogP contribution in [0.15, 0.2) is 168 Å². The van der Waals surface area contributed by atoms with Gasteiger partial charge < -0.3 is 0 Å². The summed E-state index contributed by atoms with van der Waals surface area (Å²) in [7, 11) is 0. The van der Waals surface area contributed by atoms with E-state index in [4.69, 9.17) is 10.2 Å². The molecule has 2 nitrogen and oxygen atoms in total. The molecule has 9 aromatic carbocycles. The Morgan fingerprint density at radius 2 is 0.689 bits per heavy atom. The predicted octanol–water partition coefficient (Wildman–Crippen LogP) is 13.3. The molecule has 0 bridgehead atoms. The Kier molecular flexibility index (Phi) is 6.36. The zero-order valence-electron chi connectivity index (χ0n) is 23.9. The Balaban J connectivity index is 0.00000300. The molecule has 0 amide bonds. The summed E-state index contributed by atoms with van der Waals surface area (Å²) in [6, 6.07) is 56.0. The third-order valence-corrected chi connectivity index (χ3v) is 8.97. The summed E-state index contributed by atoms with van der Waals surface area (Å²) in [4.78, 5) is 0. The third kappa shape index (κ3) is 4.11. The van der Waals surface area contributed by atoms with Crippen molar-refractivity contribution in [3.8, 4) is 11.1 Å². The molecular formula is C43H30N2. The summed E-state index contributed by atoms with van der Waals surface area (Å²) in [6.07, 6.45) is 0. The highest BCUT2D eigenvalue weighted by molar-refractivity contribution is 6.30. The Morgan fingerprint density at radius 1 is 0.289 bits per heavy atom. The molecule has 0 fully saturated rings. The van der Waals surface area contributed by atoms with Gasteiger partial charge >= 0.3 is 0 Å². The van der Waals surface area contributed by atoms with Gasteiger partial charge in [-0.25, -0.2) is 0 Å². The summed E-state index contributed by atoms with van der Waals surface area (Å²) in [5.41, 5.74) is 3.94. The zero-order valence-corrected chi connectivity index (χ0v) is 23.9. The quantitative estimate of drug-likeness (QED) is 0.148. The number of hydrogen-bond donors (Lipinski definition) is 0. The van der Waals surface area contributed by atoms with Crippen LogP contribution in [0, 0.1) is 0 Å². The van der Waals surface area contributed by atoms with Crippen molar-refractivity contribution in [3.63, 3.8) is 0 Å². The van der Waals surface area contributed by atoms with E-state index in [0.717, 1.165) is 33.3 Å². The second-order valence-corrected chi connectivity index (χ2v) is 11.3. The van der Waals surface area contributed by atoms with E-state index in [-0.39, 0.29) is 7.43 Å². The fourth-order valence-corrected chi connectivity index (χ4v) is 7.06. The van der Waals surface area contributed by atoms with Gasteiger partial charge in [-0.1, -0.05) is 159 Å². The van der Waals surface area contributed by atoms with E-state index in [2.05, 4.69) is 158 Å². The molecule has 0 saturated heterocycles. The van der Waals surface area contributed by atoms with Crippen LogP contribution in [-0.4, -0.2) is 0 Å². The van der Waals surface area contributed by atoms with E-state index in [0.29, 0.717) is 0 Å². The lowest BCUT2D eigenvalue weighted by Gasteiger charge is -2.15. The molecule has 45 heavy (non-hydrogen) atoms. The molecule has 0 aliphatic rings. The van der Waals surface area contributed by atoms with Crippen molar-refractivity contribution >= 4 is 76.0 Å². The molecule has 9 rings (SSSR count). The number of rotatable bonds is 3. The largest absolute Gasteiger partial charge is 0.150 e. The van der Waals surface area contributed by atoms with Crippen molar-refractivity contribution in [2.45, 2.75) is 7.43 Å². The first-order chi connectivity index (χ1) is 21.9. The second-order valence-electron chi connectivity index (χ2n) is 11.3.